The predicted octanol–water partition coefficient (Wildman–Crippen LogP) is 3.28. The van der Waals surface area contributed by atoms with Crippen molar-refractivity contribution in [3.8, 4) is 0 Å². The van der Waals surface area contributed by atoms with Crippen molar-refractivity contribution in [2.75, 3.05) is 18.4 Å². The van der Waals surface area contributed by atoms with E-state index in [2.05, 4.69) is 9.71 Å². The fraction of sp³-hybridized carbons (Fsp3) is 0.263. The summed E-state index contributed by atoms with van der Waals surface area (Å²) in [5, 5.41) is 2.71. The van der Waals surface area contributed by atoms with Gasteiger partial charge in [0.05, 0.1) is 5.02 Å². The van der Waals surface area contributed by atoms with Gasteiger partial charge in [-0.2, -0.15) is 8.42 Å². The van der Waals surface area contributed by atoms with Gasteiger partial charge in [-0.3, -0.25) is 4.79 Å². The second-order valence-electron chi connectivity index (χ2n) is 6.77. The number of likely N-dealkylation sites (tertiary alicyclic amines) is 1. The number of amidine groups is 1. The number of nitrogens with zero attached hydrogens (tertiary/aromatic N) is 2. The zero-order valence-electron chi connectivity index (χ0n) is 14.7. The SMILES string of the molecule is O=C(Nc1ccc(Cl)c(F)c1)C1CCN(C2=NS(=O)(=O)c3ccccc32)CC1. The van der Waals surface area contributed by atoms with Crippen LogP contribution in [0.15, 0.2) is 51.8 Å². The summed E-state index contributed by atoms with van der Waals surface area (Å²) >= 11 is 5.65. The number of halogens is 2. The molecule has 1 fully saturated rings. The van der Waals surface area contributed by atoms with Gasteiger partial charge in [0.2, 0.25) is 5.91 Å². The molecule has 146 valence electrons. The number of amides is 1. The molecule has 0 radical (unpaired) electrons. The largest absolute Gasteiger partial charge is 0.355 e. The second-order valence-corrected chi connectivity index (χ2v) is 8.75. The molecule has 9 heteroatoms. The van der Waals surface area contributed by atoms with E-state index in [1.165, 1.54) is 12.1 Å². The lowest BCUT2D eigenvalue weighted by atomic mass is 9.95. The van der Waals surface area contributed by atoms with E-state index in [4.69, 9.17) is 11.6 Å². The number of anilines is 1. The Kier molecular flexibility index (Phi) is 4.84. The molecule has 1 amide bonds. The summed E-state index contributed by atoms with van der Waals surface area (Å²) in [6.45, 7) is 1.02. The van der Waals surface area contributed by atoms with Crippen molar-refractivity contribution in [2.45, 2.75) is 17.7 Å². The summed E-state index contributed by atoms with van der Waals surface area (Å²) in [6, 6.07) is 10.9. The standard InChI is InChI=1S/C19H17ClFN3O3S/c20-15-6-5-13(11-16(15)21)22-19(25)12-7-9-24(10-8-12)18-14-3-1-2-4-17(14)28(26,27)23-18/h1-6,11-12H,7-10H2,(H,22,25). The lowest BCUT2D eigenvalue weighted by Gasteiger charge is -2.32. The van der Waals surface area contributed by atoms with Gasteiger partial charge in [-0.05, 0) is 43.2 Å². The van der Waals surface area contributed by atoms with E-state index in [9.17, 15) is 17.6 Å². The van der Waals surface area contributed by atoms with E-state index in [-0.39, 0.29) is 21.7 Å². The van der Waals surface area contributed by atoms with Gasteiger partial charge in [-0.1, -0.05) is 23.7 Å². The highest BCUT2D eigenvalue weighted by Gasteiger charge is 2.34. The first-order valence-corrected chi connectivity index (χ1v) is 10.6. The van der Waals surface area contributed by atoms with Crippen LogP contribution in [0.4, 0.5) is 10.1 Å². The molecule has 2 aliphatic heterocycles. The number of hydrogen-bond donors (Lipinski definition) is 1. The second kappa shape index (κ2) is 7.18. The molecule has 0 unspecified atom stereocenters. The number of hydrogen-bond acceptors (Lipinski definition) is 4. The Hall–Kier alpha value is -2.45. The fourth-order valence-corrected chi connectivity index (χ4v) is 4.83. The molecule has 4 rings (SSSR count). The van der Waals surface area contributed by atoms with Crippen LogP contribution in [-0.2, 0) is 14.8 Å². The number of benzene rings is 2. The smallest absolute Gasteiger partial charge is 0.285 e. The molecule has 0 bridgehead atoms. The van der Waals surface area contributed by atoms with Crippen LogP contribution in [0.1, 0.15) is 18.4 Å². The number of fused-ring (bicyclic) bond motifs is 1. The number of rotatable bonds is 2. The van der Waals surface area contributed by atoms with Gasteiger partial charge >= 0.3 is 0 Å². The van der Waals surface area contributed by atoms with Crippen LogP contribution in [-0.4, -0.2) is 38.2 Å². The molecule has 2 aromatic carbocycles. The molecule has 6 nitrogen and oxygen atoms in total. The molecule has 2 aliphatic rings. The van der Waals surface area contributed by atoms with Crippen molar-refractivity contribution >= 4 is 39.1 Å². The van der Waals surface area contributed by atoms with Gasteiger partial charge < -0.3 is 10.2 Å². The Balaban J connectivity index is 1.42. The quantitative estimate of drug-likeness (QED) is 0.807. The van der Waals surface area contributed by atoms with Crippen molar-refractivity contribution in [2.24, 2.45) is 10.3 Å². The molecule has 1 N–H and O–H groups in total. The number of nitrogens with one attached hydrogen (secondary N) is 1. The van der Waals surface area contributed by atoms with E-state index in [1.807, 2.05) is 4.90 Å². The van der Waals surface area contributed by atoms with Crippen molar-refractivity contribution in [1.29, 1.82) is 0 Å². The maximum Gasteiger partial charge on any atom is 0.285 e. The molecular weight excluding hydrogens is 405 g/mol. The molecule has 2 aromatic rings. The Morgan fingerprint density at radius 1 is 1.18 bits per heavy atom. The minimum absolute atomic E-state index is 0.00104. The van der Waals surface area contributed by atoms with Crippen LogP contribution < -0.4 is 5.32 Å². The molecule has 0 aliphatic carbocycles. The predicted molar refractivity (Wildman–Crippen MR) is 105 cm³/mol. The van der Waals surface area contributed by atoms with Crippen LogP contribution in [0.25, 0.3) is 0 Å². The first-order valence-electron chi connectivity index (χ1n) is 8.80. The average molecular weight is 422 g/mol. The zero-order valence-corrected chi connectivity index (χ0v) is 16.3. The summed E-state index contributed by atoms with van der Waals surface area (Å²) in [6.07, 6.45) is 1.09. The molecule has 0 aromatic heterocycles. The summed E-state index contributed by atoms with van der Waals surface area (Å²) in [7, 11) is -3.66. The first-order chi connectivity index (χ1) is 13.3. The summed E-state index contributed by atoms with van der Waals surface area (Å²) < 4.78 is 41.9. The van der Waals surface area contributed by atoms with Crippen LogP contribution in [0.3, 0.4) is 0 Å². The van der Waals surface area contributed by atoms with Crippen molar-refractivity contribution < 1.29 is 17.6 Å². The third kappa shape index (κ3) is 3.49. The van der Waals surface area contributed by atoms with Crippen LogP contribution in [0.2, 0.25) is 5.02 Å². The van der Waals surface area contributed by atoms with Gasteiger partial charge in [0.15, 0.2) is 5.84 Å². The Bertz CT molecular complexity index is 1080. The van der Waals surface area contributed by atoms with E-state index >= 15 is 0 Å². The van der Waals surface area contributed by atoms with Crippen LogP contribution >= 0.6 is 11.6 Å². The highest BCUT2D eigenvalue weighted by Crippen LogP contribution is 2.30. The van der Waals surface area contributed by atoms with Gasteiger partial charge in [-0.25, -0.2) is 4.39 Å². The lowest BCUT2D eigenvalue weighted by molar-refractivity contribution is -0.120. The molecule has 2 heterocycles. The van der Waals surface area contributed by atoms with E-state index in [1.54, 1.807) is 30.3 Å². The van der Waals surface area contributed by atoms with E-state index in [0.717, 1.165) is 0 Å². The summed E-state index contributed by atoms with van der Waals surface area (Å²) in [5.41, 5.74) is 0.955. The topological polar surface area (TPSA) is 78.8 Å². The summed E-state index contributed by atoms with van der Waals surface area (Å²) in [5.74, 6) is -0.589. The Morgan fingerprint density at radius 3 is 2.61 bits per heavy atom. The molecule has 0 saturated carbocycles. The monoisotopic (exact) mass is 421 g/mol. The maximum atomic E-state index is 13.5. The maximum absolute atomic E-state index is 13.5. The first kappa shape index (κ1) is 18.9. The average Bonchev–Trinajstić information content (AvgIpc) is 2.96. The fourth-order valence-electron chi connectivity index (χ4n) is 3.49. The third-order valence-electron chi connectivity index (χ3n) is 4.96. The molecule has 0 spiro atoms. The third-order valence-corrected chi connectivity index (χ3v) is 6.60. The zero-order chi connectivity index (χ0) is 19.9. The molecule has 28 heavy (non-hydrogen) atoms. The van der Waals surface area contributed by atoms with E-state index in [0.29, 0.717) is 43.0 Å². The van der Waals surface area contributed by atoms with Gasteiger partial charge in [-0.15, -0.1) is 4.40 Å². The Labute approximate surface area is 167 Å². The van der Waals surface area contributed by atoms with Crippen molar-refractivity contribution in [1.82, 2.24) is 4.90 Å². The minimum atomic E-state index is -3.66. The van der Waals surface area contributed by atoms with Gasteiger partial charge in [0.1, 0.15) is 10.7 Å². The number of carbonyl (C=O) groups is 1. The molecule has 0 atom stereocenters. The van der Waals surface area contributed by atoms with Gasteiger partial charge in [0.25, 0.3) is 10.0 Å². The minimum Gasteiger partial charge on any atom is -0.355 e. The number of carbonyl (C=O) groups excluding carboxylic acids is 1. The van der Waals surface area contributed by atoms with Crippen molar-refractivity contribution in [3.05, 3.63) is 58.9 Å². The highest BCUT2D eigenvalue weighted by atomic mass is 35.5. The summed E-state index contributed by atoms with van der Waals surface area (Å²) in [4.78, 5) is 14.6. The highest BCUT2D eigenvalue weighted by molar-refractivity contribution is 7.90. The van der Waals surface area contributed by atoms with Crippen molar-refractivity contribution in [3.63, 3.8) is 0 Å². The number of piperidine rings is 1. The lowest BCUT2D eigenvalue weighted by Crippen LogP contribution is -2.41. The normalized spacial score (nSPS) is 18.5. The molecular formula is C19H17ClFN3O3S. The number of sulfonamides is 1. The van der Waals surface area contributed by atoms with E-state index < -0.39 is 15.8 Å². The van der Waals surface area contributed by atoms with Crippen LogP contribution in [0, 0.1) is 11.7 Å². The Morgan fingerprint density at radius 2 is 1.89 bits per heavy atom. The van der Waals surface area contributed by atoms with Crippen LogP contribution in [0.5, 0.6) is 0 Å². The molecule has 1 saturated heterocycles. The van der Waals surface area contributed by atoms with Gasteiger partial charge in [0, 0.05) is 30.3 Å².